The number of rotatable bonds is 2. The number of hydrogen-bond donors (Lipinski definition) is 1. The molecule has 1 aromatic rings. The molecule has 0 radical (unpaired) electrons. The Kier molecular flexibility index (Phi) is 2.87. The summed E-state index contributed by atoms with van der Waals surface area (Å²) in [6.07, 6.45) is 5.15. The molecule has 0 aliphatic heterocycles. The third-order valence-electron chi connectivity index (χ3n) is 3.40. The van der Waals surface area contributed by atoms with E-state index in [2.05, 4.69) is 13.0 Å². The molecule has 2 rings (SSSR count). The third-order valence-corrected chi connectivity index (χ3v) is 4.71. The zero-order valence-corrected chi connectivity index (χ0v) is 10.00. The van der Waals surface area contributed by atoms with Gasteiger partial charge in [0.05, 0.1) is 4.34 Å². The molecule has 14 heavy (non-hydrogen) atoms. The van der Waals surface area contributed by atoms with Crippen molar-refractivity contribution in [2.24, 2.45) is 11.1 Å². The standard InChI is InChI=1S/C11H16ClNS/c1-11(6-2-3-7-11)10(13)8-4-5-9(12)14-8/h4-5,10H,2-3,6-7,13H2,1H3. The van der Waals surface area contributed by atoms with Crippen LogP contribution in [0.2, 0.25) is 4.34 Å². The van der Waals surface area contributed by atoms with Gasteiger partial charge in [-0.15, -0.1) is 11.3 Å². The summed E-state index contributed by atoms with van der Waals surface area (Å²) in [5.41, 5.74) is 6.60. The van der Waals surface area contributed by atoms with Gasteiger partial charge >= 0.3 is 0 Å². The first kappa shape index (κ1) is 10.5. The van der Waals surface area contributed by atoms with Crippen molar-refractivity contribution in [3.8, 4) is 0 Å². The van der Waals surface area contributed by atoms with Gasteiger partial charge in [-0.25, -0.2) is 0 Å². The van der Waals surface area contributed by atoms with Gasteiger partial charge in [-0.2, -0.15) is 0 Å². The van der Waals surface area contributed by atoms with Crippen LogP contribution in [0, 0.1) is 5.41 Å². The summed E-state index contributed by atoms with van der Waals surface area (Å²) in [6, 6.07) is 4.18. The molecule has 1 aliphatic rings. The number of thiophene rings is 1. The zero-order valence-electron chi connectivity index (χ0n) is 8.42. The van der Waals surface area contributed by atoms with Crippen molar-refractivity contribution in [3.05, 3.63) is 21.3 Å². The van der Waals surface area contributed by atoms with Crippen LogP contribution in [0.3, 0.4) is 0 Å². The summed E-state index contributed by atoms with van der Waals surface area (Å²) in [5, 5.41) is 0. The SMILES string of the molecule is CC1(C(N)c2ccc(Cl)s2)CCCC1. The number of hydrogen-bond acceptors (Lipinski definition) is 2. The lowest BCUT2D eigenvalue weighted by Gasteiger charge is -2.30. The van der Waals surface area contributed by atoms with E-state index in [0.717, 1.165) is 4.34 Å². The molecule has 1 nitrogen and oxygen atoms in total. The van der Waals surface area contributed by atoms with E-state index in [4.69, 9.17) is 17.3 Å². The molecule has 1 aliphatic carbocycles. The van der Waals surface area contributed by atoms with E-state index in [1.165, 1.54) is 30.6 Å². The van der Waals surface area contributed by atoms with Crippen molar-refractivity contribution < 1.29 is 0 Å². The van der Waals surface area contributed by atoms with Crippen LogP contribution in [0.25, 0.3) is 0 Å². The first-order chi connectivity index (χ1) is 6.62. The van der Waals surface area contributed by atoms with E-state index in [-0.39, 0.29) is 6.04 Å². The van der Waals surface area contributed by atoms with Gasteiger partial charge in [0.1, 0.15) is 0 Å². The van der Waals surface area contributed by atoms with Crippen molar-refractivity contribution >= 4 is 22.9 Å². The monoisotopic (exact) mass is 229 g/mol. The minimum absolute atomic E-state index is 0.169. The van der Waals surface area contributed by atoms with Crippen molar-refractivity contribution in [1.29, 1.82) is 0 Å². The van der Waals surface area contributed by atoms with Crippen LogP contribution < -0.4 is 5.73 Å². The smallest absolute Gasteiger partial charge is 0.0931 e. The maximum Gasteiger partial charge on any atom is 0.0931 e. The molecule has 0 bridgehead atoms. The topological polar surface area (TPSA) is 26.0 Å². The second kappa shape index (κ2) is 3.84. The Morgan fingerprint density at radius 3 is 2.57 bits per heavy atom. The first-order valence-corrected chi connectivity index (χ1v) is 6.32. The van der Waals surface area contributed by atoms with Crippen LogP contribution in [-0.4, -0.2) is 0 Å². The molecule has 2 N–H and O–H groups in total. The van der Waals surface area contributed by atoms with Gasteiger partial charge in [0, 0.05) is 10.9 Å². The Hall–Kier alpha value is -0.0500. The summed E-state index contributed by atoms with van der Waals surface area (Å²) in [4.78, 5) is 1.24. The van der Waals surface area contributed by atoms with Crippen LogP contribution in [0.5, 0.6) is 0 Å². The van der Waals surface area contributed by atoms with Crippen LogP contribution in [0.15, 0.2) is 12.1 Å². The normalized spacial score (nSPS) is 22.5. The van der Waals surface area contributed by atoms with E-state index in [1.54, 1.807) is 11.3 Å². The molecule has 3 heteroatoms. The molecule has 0 saturated heterocycles. The van der Waals surface area contributed by atoms with Crippen LogP contribution >= 0.6 is 22.9 Å². The lowest BCUT2D eigenvalue weighted by Crippen LogP contribution is -2.28. The van der Waals surface area contributed by atoms with Crippen LogP contribution in [0.1, 0.15) is 43.5 Å². The Morgan fingerprint density at radius 2 is 2.07 bits per heavy atom. The first-order valence-electron chi connectivity index (χ1n) is 5.13. The van der Waals surface area contributed by atoms with E-state index in [9.17, 15) is 0 Å². The summed E-state index contributed by atoms with van der Waals surface area (Å²) >= 11 is 7.54. The molecule has 1 fully saturated rings. The molecule has 0 spiro atoms. The van der Waals surface area contributed by atoms with E-state index in [1.807, 2.05) is 6.07 Å². The quantitative estimate of drug-likeness (QED) is 0.816. The second-order valence-electron chi connectivity index (χ2n) is 4.48. The zero-order chi connectivity index (χ0) is 10.2. The van der Waals surface area contributed by atoms with Crippen molar-refractivity contribution in [1.82, 2.24) is 0 Å². The minimum Gasteiger partial charge on any atom is -0.323 e. The number of halogens is 1. The fourth-order valence-corrected chi connectivity index (χ4v) is 3.57. The fraction of sp³-hybridized carbons (Fsp3) is 0.636. The average Bonchev–Trinajstić information content (AvgIpc) is 2.74. The van der Waals surface area contributed by atoms with E-state index < -0.39 is 0 Å². The molecule has 1 saturated carbocycles. The molecule has 1 heterocycles. The molecular weight excluding hydrogens is 214 g/mol. The second-order valence-corrected chi connectivity index (χ2v) is 6.23. The maximum atomic E-state index is 6.30. The highest BCUT2D eigenvalue weighted by Crippen LogP contribution is 2.47. The van der Waals surface area contributed by atoms with E-state index in [0.29, 0.717) is 5.41 Å². The fourth-order valence-electron chi connectivity index (χ4n) is 2.33. The summed E-state index contributed by atoms with van der Waals surface area (Å²) in [5.74, 6) is 0. The van der Waals surface area contributed by atoms with Gasteiger partial charge < -0.3 is 5.73 Å². The maximum absolute atomic E-state index is 6.30. The molecular formula is C11H16ClNS. The predicted octanol–water partition coefficient (Wildman–Crippen LogP) is 3.98. The van der Waals surface area contributed by atoms with Gasteiger partial charge in [0.25, 0.3) is 0 Å². The lowest BCUT2D eigenvalue weighted by molar-refractivity contribution is 0.268. The molecule has 0 amide bonds. The highest BCUT2D eigenvalue weighted by molar-refractivity contribution is 7.16. The molecule has 1 atom stereocenters. The molecule has 1 unspecified atom stereocenters. The Morgan fingerprint density at radius 1 is 1.43 bits per heavy atom. The van der Waals surface area contributed by atoms with Crippen LogP contribution in [0.4, 0.5) is 0 Å². The largest absolute Gasteiger partial charge is 0.323 e. The Labute approximate surface area is 94.3 Å². The van der Waals surface area contributed by atoms with Crippen molar-refractivity contribution in [3.63, 3.8) is 0 Å². The van der Waals surface area contributed by atoms with Crippen molar-refractivity contribution in [2.75, 3.05) is 0 Å². The summed E-state index contributed by atoms with van der Waals surface area (Å²) < 4.78 is 0.844. The Bertz CT molecular complexity index is 315. The van der Waals surface area contributed by atoms with Crippen LogP contribution in [-0.2, 0) is 0 Å². The summed E-state index contributed by atoms with van der Waals surface area (Å²) in [7, 11) is 0. The minimum atomic E-state index is 0.169. The van der Waals surface area contributed by atoms with Gasteiger partial charge in [0.2, 0.25) is 0 Å². The van der Waals surface area contributed by atoms with Gasteiger partial charge in [-0.1, -0.05) is 31.4 Å². The number of nitrogens with two attached hydrogens (primary N) is 1. The molecule has 1 aromatic heterocycles. The molecule has 78 valence electrons. The average molecular weight is 230 g/mol. The summed E-state index contributed by atoms with van der Waals surface area (Å²) in [6.45, 7) is 2.30. The highest BCUT2D eigenvalue weighted by Gasteiger charge is 2.36. The van der Waals surface area contributed by atoms with Gasteiger partial charge in [-0.3, -0.25) is 0 Å². The van der Waals surface area contributed by atoms with E-state index >= 15 is 0 Å². The van der Waals surface area contributed by atoms with Crippen molar-refractivity contribution in [2.45, 2.75) is 38.6 Å². The third kappa shape index (κ3) is 1.83. The van der Waals surface area contributed by atoms with Gasteiger partial charge in [-0.05, 0) is 30.4 Å². The Balaban J connectivity index is 2.18. The lowest BCUT2D eigenvalue weighted by atomic mass is 9.80. The predicted molar refractivity (Wildman–Crippen MR) is 62.8 cm³/mol. The van der Waals surface area contributed by atoms with Gasteiger partial charge in [0.15, 0.2) is 0 Å². The highest BCUT2D eigenvalue weighted by atomic mass is 35.5. The molecule has 0 aromatic carbocycles.